The van der Waals surface area contributed by atoms with E-state index >= 15 is 0 Å². The number of hydrogen-bond donors (Lipinski definition) is 1. The molecule has 8 nitrogen and oxygen atoms in total. The first-order valence-corrected chi connectivity index (χ1v) is 10.8. The summed E-state index contributed by atoms with van der Waals surface area (Å²) in [6, 6.07) is 14.4. The van der Waals surface area contributed by atoms with Crippen molar-refractivity contribution in [2.24, 2.45) is 0 Å². The lowest BCUT2D eigenvalue weighted by Gasteiger charge is -2.36. The maximum absolute atomic E-state index is 12.7. The van der Waals surface area contributed by atoms with Crippen LogP contribution in [-0.2, 0) is 0 Å². The first-order valence-electron chi connectivity index (χ1n) is 10.8. The summed E-state index contributed by atoms with van der Waals surface area (Å²) in [6.45, 7) is 3.04. The van der Waals surface area contributed by atoms with E-state index in [1.54, 1.807) is 18.4 Å². The molecular weight excluding hydrogens is 380 g/mol. The number of aromatic nitrogens is 4. The van der Waals surface area contributed by atoms with Gasteiger partial charge in [-0.2, -0.15) is 0 Å². The number of nitrogens with zero attached hydrogens (tertiary/aromatic N) is 5. The van der Waals surface area contributed by atoms with Gasteiger partial charge in [-0.25, -0.2) is 4.68 Å². The number of piperazine rings is 1. The average Bonchev–Trinajstić information content (AvgIpc) is 3.57. The van der Waals surface area contributed by atoms with Crippen LogP contribution < -0.4 is 4.90 Å². The zero-order chi connectivity index (χ0) is 20.3. The molecule has 2 fully saturated rings. The zero-order valence-corrected chi connectivity index (χ0v) is 17.0. The van der Waals surface area contributed by atoms with Crippen LogP contribution in [0.1, 0.15) is 59.7 Å². The van der Waals surface area contributed by atoms with Gasteiger partial charge in [0.1, 0.15) is 0 Å². The van der Waals surface area contributed by atoms with Gasteiger partial charge in [-0.15, -0.1) is 5.10 Å². The Hall–Kier alpha value is -3.00. The molecule has 0 radical (unpaired) electrons. The van der Waals surface area contributed by atoms with Crippen molar-refractivity contribution in [2.75, 3.05) is 26.2 Å². The van der Waals surface area contributed by atoms with E-state index in [1.165, 1.54) is 23.3 Å². The van der Waals surface area contributed by atoms with Crippen molar-refractivity contribution in [3.05, 3.63) is 65.9 Å². The average molecular weight is 407 g/mol. The van der Waals surface area contributed by atoms with Gasteiger partial charge in [0.2, 0.25) is 5.82 Å². The number of quaternary nitrogens is 1. The van der Waals surface area contributed by atoms with Crippen molar-refractivity contribution in [3.8, 4) is 0 Å². The molecule has 5 rings (SSSR count). The van der Waals surface area contributed by atoms with E-state index in [4.69, 9.17) is 4.42 Å². The van der Waals surface area contributed by atoms with Gasteiger partial charge in [0.25, 0.3) is 5.91 Å². The molecule has 1 saturated carbocycles. The lowest BCUT2D eigenvalue weighted by molar-refractivity contribution is -0.930. The molecule has 0 bridgehead atoms. The number of carbonyl (C=O) groups excluding carboxylic acids is 1. The van der Waals surface area contributed by atoms with Crippen molar-refractivity contribution in [3.63, 3.8) is 0 Å². The molecule has 1 aliphatic carbocycles. The summed E-state index contributed by atoms with van der Waals surface area (Å²) < 4.78 is 7.36. The fourth-order valence-corrected chi connectivity index (χ4v) is 4.85. The molecule has 1 aromatic carbocycles. The fraction of sp³-hybridized carbons (Fsp3) is 0.455. The summed E-state index contributed by atoms with van der Waals surface area (Å²) in [4.78, 5) is 15.9. The summed E-state index contributed by atoms with van der Waals surface area (Å²) in [5.74, 6) is 1.31. The summed E-state index contributed by atoms with van der Waals surface area (Å²) in [6.07, 6.45) is 6.30. The minimum Gasteiger partial charge on any atom is -0.459 e. The minimum absolute atomic E-state index is 0.0360. The first-order chi connectivity index (χ1) is 14.8. The smallest absolute Gasteiger partial charge is 0.289 e. The van der Waals surface area contributed by atoms with E-state index in [0.29, 0.717) is 24.9 Å². The maximum Gasteiger partial charge on any atom is 0.289 e. The number of benzene rings is 1. The molecule has 3 heterocycles. The van der Waals surface area contributed by atoms with Gasteiger partial charge in [0.05, 0.1) is 38.5 Å². The van der Waals surface area contributed by atoms with Crippen molar-refractivity contribution in [2.45, 2.75) is 37.8 Å². The molecular formula is C22H27N6O2+. The van der Waals surface area contributed by atoms with Crippen LogP contribution in [0, 0.1) is 0 Å². The standard InChI is InChI=1S/C22H26N6O2/c29-22(19-11-6-16-30-19)27-14-12-26(13-15-27)20(17-7-2-1-3-8-17)21-23-24-25-28(21)18-9-4-5-10-18/h1-3,6-8,11,16,18,20H,4-5,9-10,12-15H2/p+1/t20-/m0/s1. The van der Waals surface area contributed by atoms with Crippen LogP contribution in [0.15, 0.2) is 53.1 Å². The van der Waals surface area contributed by atoms with E-state index in [2.05, 4.69) is 44.5 Å². The summed E-state index contributed by atoms with van der Waals surface area (Å²) in [5, 5.41) is 12.9. The third kappa shape index (κ3) is 3.63. The van der Waals surface area contributed by atoms with Crippen LogP contribution in [0.5, 0.6) is 0 Å². The predicted octanol–water partition coefficient (Wildman–Crippen LogP) is 1.51. The van der Waals surface area contributed by atoms with Crippen LogP contribution >= 0.6 is 0 Å². The Balaban J connectivity index is 1.39. The van der Waals surface area contributed by atoms with Crippen LogP contribution in [0.3, 0.4) is 0 Å². The summed E-state index contributed by atoms with van der Waals surface area (Å²) >= 11 is 0. The molecule has 1 N–H and O–H groups in total. The Bertz CT molecular complexity index is 957. The molecule has 2 aromatic heterocycles. The Morgan fingerprint density at radius 2 is 1.83 bits per heavy atom. The van der Waals surface area contributed by atoms with E-state index < -0.39 is 0 Å². The van der Waals surface area contributed by atoms with Crippen LogP contribution in [0.4, 0.5) is 0 Å². The molecule has 0 unspecified atom stereocenters. The predicted molar refractivity (Wildman–Crippen MR) is 109 cm³/mol. The van der Waals surface area contributed by atoms with E-state index in [9.17, 15) is 4.79 Å². The molecule has 8 heteroatoms. The molecule has 1 amide bonds. The Morgan fingerprint density at radius 1 is 1.07 bits per heavy atom. The molecule has 156 valence electrons. The van der Waals surface area contributed by atoms with E-state index in [0.717, 1.165) is 31.8 Å². The van der Waals surface area contributed by atoms with Gasteiger partial charge in [-0.05, 0) is 35.4 Å². The lowest BCUT2D eigenvalue weighted by atomic mass is 10.0. The van der Waals surface area contributed by atoms with Gasteiger partial charge in [-0.1, -0.05) is 43.2 Å². The number of hydrogen-bond acceptors (Lipinski definition) is 5. The second kappa shape index (κ2) is 8.39. The second-order valence-electron chi connectivity index (χ2n) is 8.19. The van der Waals surface area contributed by atoms with Crippen molar-refractivity contribution >= 4 is 5.91 Å². The number of tetrazole rings is 1. The highest BCUT2D eigenvalue weighted by Crippen LogP contribution is 2.31. The first kappa shape index (κ1) is 19.0. The van der Waals surface area contributed by atoms with E-state index in [1.807, 2.05) is 11.0 Å². The molecule has 30 heavy (non-hydrogen) atoms. The van der Waals surface area contributed by atoms with Gasteiger partial charge in [0.15, 0.2) is 11.8 Å². The number of amides is 1. The van der Waals surface area contributed by atoms with Crippen LogP contribution in [0.2, 0.25) is 0 Å². The topological polar surface area (TPSA) is 81.5 Å². The Kier molecular flexibility index (Phi) is 5.31. The molecule has 1 aliphatic heterocycles. The van der Waals surface area contributed by atoms with Crippen LogP contribution in [-0.4, -0.2) is 57.2 Å². The van der Waals surface area contributed by atoms with Gasteiger partial charge in [-0.3, -0.25) is 4.79 Å². The quantitative estimate of drug-likeness (QED) is 0.693. The molecule has 0 spiro atoms. The highest BCUT2D eigenvalue weighted by atomic mass is 16.3. The normalized spacial score (nSPS) is 19.3. The number of furan rings is 1. The SMILES string of the molecule is O=C(c1ccco1)N1CC[NH+]([C@@H](c2ccccc2)c2nnnn2C2CCCC2)CC1. The highest BCUT2D eigenvalue weighted by molar-refractivity contribution is 5.91. The van der Waals surface area contributed by atoms with E-state index in [-0.39, 0.29) is 11.9 Å². The largest absolute Gasteiger partial charge is 0.459 e. The van der Waals surface area contributed by atoms with Crippen molar-refractivity contribution in [1.29, 1.82) is 0 Å². The fourth-order valence-electron chi connectivity index (χ4n) is 4.85. The second-order valence-corrected chi connectivity index (χ2v) is 8.19. The van der Waals surface area contributed by atoms with Gasteiger partial charge < -0.3 is 14.2 Å². The number of rotatable bonds is 5. The van der Waals surface area contributed by atoms with Crippen molar-refractivity contribution in [1.82, 2.24) is 25.1 Å². The summed E-state index contributed by atoms with van der Waals surface area (Å²) in [7, 11) is 0. The zero-order valence-electron chi connectivity index (χ0n) is 17.0. The number of nitrogens with one attached hydrogen (secondary N) is 1. The highest BCUT2D eigenvalue weighted by Gasteiger charge is 2.37. The molecule has 2 aliphatic rings. The molecule has 1 saturated heterocycles. The monoisotopic (exact) mass is 407 g/mol. The number of carbonyl (C=O) groups is 1. The minimum atomic E-state index is -0.0360. The summed E-state index contributed by atoms with van der Waals surface area (Å²) in [5.41, 5.74) is 1.22. The molecule has 3 aromatic rings. The lowest BCUT2D eigenvalue weighted by Crippen LogP contribution is -3.15. The van der Waals surface area contributed by atoms with Crippen molar-refractivity contribution < 1.29 is 14.1 Å². The third-order valence-electron chi connectivity index (χ3n) is 6.41. The van der Waals surface area contributed by atoms with Gasteiger partial charge >= 0.3 is 0 Å². The van der Waals surface area contributed by atoms with Gasteiger partial charge in [0, 0.05) is 5.56 Å². The Labute approximate surface area is 175 Å². The third-order valence-corrected chi connectivity index (χ3v) is 6.41. The maximum atomic E-state index is 12.7. The Morgan fingerprint density at radius 3 is 2.53 bits per heavy atom. The van der Waals surface area contributed by atoms with Crippen LogP contribution in [0.25, 0.3) is 0 Å². The molecule has 1 atom stereocenters.